The Morgan fingerprint density at radius 1 is 1.35 bits per heavy atom. The van der Waals surface area contributed by atoms with Gasteiger partial charge in [-0.1, -0.05) is 0 Å². The SMILES string of the molecule is Cc1cc2c(c(=O)o1)[C@@H]1CCC(=O)[C@@H]1[C@@]1(CCCO1)O2. The van der Waals surface area contributed by atoms with E-state index in [2.05, 4.69) is 0 Å². The summed E-state index contributed by atoms with van der Waals surface area (Å²) in [5, 5.41) is 0. The molecule has 1 aromatic heterocycles. The van der Waals surface area contributed by atoms with E-state index in [1.165, 1.54) is 0 Å². The van der Waals surface area contributed by atoms with Crippen molar-refractivity contribution in [3.05, 3.63) is 27.8 Å². The molecule has 2 aliphatic heterocycles. The van der Waals surface area contributed by atoms with Gasteiger partial charge in [-0.15, -0.1) is 0 Å². The minimum absolute atomic E-state index is 0.124. The summed E-state index contributed by atoms with van der Waals surface area (Å²) >= 11 is 0. The molecule has 0 amide bonds. The molecule has 2 fully saturated rings. The van der Waals surface area contributed by atoms with Crippen LogP contribution in [0.25, 0.3) is 0 Å². The summed E-state index contributed by atoms with van der Waals surface area (Å²) in [7, 11) is 0. The maximum atomic E-state index is 12.3. The Balaban J connectivity index is 1.93. The van der Waals surface area contributed by atoms with Crippen LogP contribution in [0.2, 0.25) is 0 Å². The molecule has 0 radical (unpaired) electrons. The molecule has 1 saturated carbocycles. The quantitative estimate of drug-likeness (QED) is 0.724. The zero-order chi connectivity index (χ0) is 13.9. The number of Topliss-reactive ketones (excluding diaryl/α,β-unsaturated/α-hetero) is 1. The van der Waals surface area contributed by atoms with Crippen LogP contribution in [0.4, 0.5) is 0 Å². The van der Waals surface area contributed by atoms with E-state index in [0.717, 1.165) is 6.42 Å². The lowest BCUT2D eigenvalue weighted by molar-refractivity contribution is -0.198. The highest BCUT2D eigenvalue weighted by Gasteiger charge is 2.59. The molecule has 20 heavy (non-hydrogen) atoms. The summed E-state index contributed by atoms with van der Waals surface area (Å²) in [6, 6.07) is 1.74. The van der Waals surface area contributed by atoms with E-state index < -0.39 is 5.79 Å². The van der Waals surface area contributed by atoms with Crippen LogP contribution in [0.1, 0.15) is 42.9 Å². The molecule has 0 unspecified atom stereocenters. The summed E-state index contributed by atoms with van der Waals surface area (Å²) in [5.41, 5.74) is 0.144. The van der Waals surface area contributed by atoms with Crippen LogP contribution in [0, 0.1) is 12.8 Å². The fourth-order valence-corrected chi connectivity index (χ4v) is 3.93. The van der Waals surface area contributed by atoms with Gasteiger partial charge in [-0.25, -0.2) is 4.79 Å². The number of fused-ring (bicyclic) bond motifs is 4. The van der Waals surface area contributed by atoms with Crippen LogP contribution in [0.3, 0.4) is 0 Å². The highest BCUT2D eigenvalue weighted by molar-refractivity contribution is 5.86. The topological polar surface area (TPSA) is 65.7 Å². The molecule has 106 valence electrons. The standard InChI is InChI=1S/C15H16O5/c1-8-7-11-12(14(17)19-8)9-3-4-10(16)13(9)15(20-11)5-2-6-18-15/h7,9,13H,2-6H2,1H3/t9-,13+,15+/m0/s1. The molecular formula is C15H16O5. The molecule has 3 heterocycles. The Morgan fingerprint density at radius 3 is 2.95 bits per heavy atom. The second-order valence-corrected chi connectivity index (χ2v) is 5.88. The molecule has 5 nitrogen and oxygen atoms in total. The van der Waals surface area contributed by atoms with E-state index in [4.69, 9.17) is 13.9 Å². The van der Waals surface area contributed by atoms with Gasteiger partial charge in [0, 0.05) is 24.8 Å². The highest BCUT2D eigenvalue weighted by atomic mass is 16.7. The number of hydrogen-bond donors (Lipinski definition) is 0. The lowest BCUT2D eigenvalue weighted by Gasteiger charge is -2.41. The van der Waals surface area contributed by atoms with Gasteiger partial charge in [0.2, 0.25) is 5.79 Å². The highest BCUT2D eigenvalue weighted by Crippen LogP contribution is 2.53. The van der Waals surface area contributed by atoms with Gasteiger partial charge in [-0.05, 0) is 19.8 Å². The van der Waals surface area contributed by atoms with Crippen molar-refractivity contribution in [3.8, 4) is 5.75 Å². The summed E-state index contributed by atoms with van der Waals surface area (Å²) in [4.78, 5) is 24.4. The Morgan fingerprint density at radius 2 is 2.20 bits per heavy atom. The van der Waals surface area contributed by atoms with Crippen molar-refractivity contribution in [3.63, 3.8) is 0 Å². The lowest BCUT2D eigenvalue weighted by Crippen LogP contribution is -2.51. The monoisotopic (exact) mass is 276 g/mol. The van der Waals surface area contributed by atoms with Crippen LogP contribution in [0.15, 0.2) is 15.3 Å². The third kappa shape index (κ3) is 1.47. The maximum absolute atomic E-state index is 12.3. The van der Waals surface area contributed by atoms with Gasteiger partial charge in [0.1, 0.15) is 17.3 Å². The van der Waals surface area contributed by atoms with Crippen molar-refractivity contribution < 1.29 is 18.7 Å². The van der Waals surface area contributed by atoms with Crippen molar-refractivity contribution in [2.75, 3.05) is 6.61 Å². The zero-order valence-corrected chi connectivity index (χ0v) is 11.3. The maximum Gasteiger partial charge on any atom is 0.343 e. The Labute approximate surface area is 115 Å². The molecule has 1 aromatic rings. The van der Waals surface area contributed by atoms with Crippen LogP contribution in [0.5, 0.6) is 5.75 Å². The Bertz CT molecular complexity index is 638. The predicted molar refractivity (Wildman–Crippen MR) is 68.7 cm³/mol. The van der Waals surface area contributed by atoms with Gasteiger partial charge < -0.3 is 13.9 Å². The van der Waals surface area contributed by atoms with E-state index in [1.54, 1.807) is 13.0 Å². The first-order chi connectivity index (χ1) is 9.61. The van der Waals surface area contributed by atoms with E-state index >= 15 is 0 Å². The summed E-state index contributed by atoms with van der Waals surface area (Å²) in [5.74, 6) is -0.140. The molecular weight excluding hydrogens is 260 g/mol. The molecule has 1 aliphatic carbocycles. The van der Waals surface area contributed by atoms with Crippen molar-refractivity contribution in [2.45, 2.75) is 44.3 Å². The van der Waals surface area contributed by atoms with Gasteiger partial charge in [-0.2, -0.15) is 0 Å². The van der Waals surface area contributed by atoms with E-state index in [0.29, 0.717) is 42.9 Å². The number of ketones is 1. The molecule has 3 atom stereocenters. The first kappa shape index (κ1) is 12.1. The third-order valence-electron chi connectivity index (χ3n) is 4.67. The zero-order valence-electron chi connectivity index (χ0n) is 11.3. The van der Waals surface area contributed by atoms with Gasteiger partial charge in [0.05, 0.1) is 18.1 Å². The van der Waals surface area contributed by atoms with Gasteiger partial charge in [-0.3, -0.25) is 4.79 Å². The van der Waals surface area contributed by atoms with Crippen molar-refractivity contribution in [1.29, 1.82) is 0 Å². The van der Waals surface area contributed by atoms with Crippen LogP contribution in [-0.2, 0) is 9.53 Å². The second kappa shape index (κ2) is 3.95. The fraction of sp³-hybridized carbons (Fsp3) is 0.600. The van der Waals surface area contributed by atoms with Crippen molar-refractivity contribution >= 4 is 5.78 Å². The minimum Gasteiger partial charge on any atom is -0.461 e. The smallest absolute Gasteiger partial charge is 0.343 e. The van der Waals surface area contributed by atoms with Gasteiger partial charge in [0.25, 0.3) is 0 Å². The number of rotatable bonds is 0. The van der Waals surface area contributed by atoms with E-state index in [1.807, 2.05) is 0 Å². The molecule has 1 saturated heterocycles. The molecule has 0 bridgehead atoms. The van der Waals surface area contributed by atoms with Crippen LogP contribution < -0.4 is 10.4 Å². The van der Waals surface area contributed by atoms with Crippen LogP contribution >= 0.6 is 0 Å². The summed E-state index contributed by atoms with van der Waals surface area (Å²) in [6.07, 6.45) is 2.75. The molecule has 3 aliphatic rings. The van der Waals surface area contributed by atoms with Crippen molar-refractivity contribution in [1.82, 2.24) is 0 Å². The predicted octanol–water partition coefficient (Wildman–Crippen LogP) is 1.91. The Kier molecular flexibility index (Phi) is 2.40. The first-order valence-corrected chi connectivity index (χ1v) is 7.11. The molecule has 1 spiro atoms. The minimum atomic E-state index is -0.856. The third-order valence-corrected chi connectivity index (χ3v) is 4.67. The Hall–Kier alpha value is -1.62. The number of ether oxygens (including phenoxy) is 2. The normalized spacial score (nSPS) is 35.0. The van der Waals surface area contributed by atoms with E-state index in [9.17, 15) is 9.59 Å². The number of carbonyl (C=O) groups excluding carboxylic acids is 1. The summed E-state index contributed by atoms with van der Waals surface area (Å²) in [6.45, 7) is 2.32. The van der Waals surface area contributed by atoms with Crippen LogP contribution in [-0.4, -0.2) is 18.2 Å². The molecule has 5 heteroatoms. The lowest BCUT2D eigenvalue weighted by atomic mass is 9.79. The number of carbonyl (C=O) groups is 1. The molecule has 4 rings (SSSR count). The van der Waals surface area contributed by atoms with E-state index in [-0.39, 0.29) is 23.2 Å². The van der Waals surface area contributed by atoms with Crippen molar-refractivity contribution in [2.24, 2.45) is 5.92 Å². The molecule has 0 N–H and O–H groups in total. The first-order valence-electron chi connectivity index (χ1n) is 7.11. The average Bonchev–Trinajstić information content (AvgIpc) is 2.97. The second-order valence-electron chi connectivity index (χ2n) is 5.88. The van der Waals surface area contributed by atoms with Gasteiger partial charge in [0.15, 0.2) is 0 Å². The number of hydrogen-bond acceptors (Lipinski definition) is 5. The fourth-order valence-electron chi connectivity index (χ4n) is 3.93. The molecule has 0 aromatic carbocycles. The largest absolute Gasteiger partial charge is 0.461 e. The number of aryl methyl sites for hydroxylation is 1. The summed E-state index contributed by atoms with van der Waals surface area (Å²) < 4.78 is 17.0. The van der Waals surface area contributed by atoms with Gasteiger partial charge >= 0.3 is 5.63 Å². The average molecular weight is 276 g/mol.